The lowest BCUT2D eigenvalue weighted by Crippen LogP contribution is -2.38. The number of hydrogen-bond donors (Lipinski definition) is 0. The molecule has 32 heavy (non-hydrogen) atoms. The highest BCUT2D eigenvalue weighted by Gasteiger charge is 2.25. The van der Waals surface area contributed by atoms with Crippen molar-refractivity contribution in [2.75, 3.05) is 33.4 Å². The van der Waals surface area contributed by atoms with Gasteiger partial charge in [-0.05, 0) is 42.8 Å². The van der Waals surface area contributed by atoms with E-state index in [9.17, 15) is 4.39 Å². The monoisotopic (exact) mass is 439 g/mol. The Hall–Kier alpha value is -2.90. The zero-order chi connectivity index (χ0) is 22.5. The van der Waals surface area contributed by atoms with Crippen molar-refractivity contribution in [1.82, 2.24) is 14.7 Å². The summed E-state index contributed by atoms with van der Waals surface area (Å²) >= 11 is 0. The first-order chi connectivity index (χ1) is 15.5. The van der Waals surface area contributed by atoms with Crippen LogP contribution in [0.2, 0.25) is 0 Å². The summed E-state index contributed by atoms with van der Waals surface area (Å²) in [6, 6.07) is 14.4. The van der Waals surface area contributed by atoms with Gasteiger partial charge in [0.25, 0.3) is 0 Å². The molecule has 0 bridgehead atoms. The standard InChI is InChI=1S/C25H30FN3O3/c1-18-5-4-6-19(25(18)30-3)16-29-12-14-32-24(17-29)23-15-21(28(2)27-23)11-13-31-22-9-7-20(26)8-10-22/h4-10,15,24H,11-14,16-17H2,1-3H3. The Kier molecular flexibility index (Phi) is 7.07. The molecule has 2 aromatic carbocycles. The lowest BCUT2D eigenvalue weighted by atomic mass is 10.1. The molecule has 4 rings (SSSR count). The van der Waals surface area contributed by atoms with Gasteiger partial charge >= 0.3 is 0 Å². The predicted octanol–water partition coefficient (Wildman–Crippen LogP) is 4.07. The first kappa shape index (κ1) is 22.3. The Bertz CT molecular complexity index is 1040. The number of methoxy groups -OCH3 is 1. The van der Waals surface area contributed by atoms with Crippen LogP contribution in [-0.4, -0.2) is 48.1 Å². The highest BCUT2D eigenvalue weighted by Crippen LogP contribution is 2.27. The lowest BCUT2D eigenvalue weighted by molar-refractivity contribution is -0.0353. The summed E-state index contributed by atoms with van der Waals surface area (Å²) in [6.07, 6.45) is 0.634. The van der Waals surface area contributed by atoms with Crippen molar-refractivity contribution in [2.45, 2.75) is 26.0 Å². The summed E-state index contributed by atoms with van der Waals surface area (Å²) in [5.74, 6) is 1.35. The van der Waals surface area contributed by atoms with E-state index in [1.807, 2.05) is 11.7 Å². The van der Waals surface area contributed by atoms with Gasteiger partial charge in [-0.15, -0.1) is 0 Å². The zero-order valence-electron chi connectivity index (χ0n) is 18.9. The van der Waals surface area contributed by atoms with E-state index >= 15 is 0 Å². The molecule has 3 aromatic rings. The summed E-state index contributed by atoms with van der Waals surface area (Å²) in [7, 11) is 3.66. The minimum Gasteiger partial charge on any atom is -0.496 e. The molecule has 1 aliphatic rings. The second-order valence-corrected chi connectivity index (χ2v) is 8.10. The molecule has 1 aliphatic heterocycles. The normalized spacial score (nSPS) is 16.8. The maximum Gasteiger partial charge on any atom is 0.126 e. The molecular weight excluding hydrogens is 409 g/mol. The van der Waals surface area contributed by atoms with Crippen molar-refractivity contribution >= 4 is 0 Å². The second kappa shape index (κ2) is 10.1. The molecule has 1 atom stereocenters. The van der Waals surface area contributed by atoms with Gasteiger partial charge in [0.1, 0.15) is 23.4 Å². The van der Waals surface area contributed by atoms with Gasteiger partial charge in [-0.1, -0.05) is 18.2 Å². The smallest absolute Gasteiger partial charge is 0.126 e. The van der Waals surface area contributed by atoms with Crippen LogP contribution in [0.1, 0.15) is 28.6 Å². The van der Waals surface area contributed by atoms with Crippen LogP contribution in [0, 0.1) is 12.7 Å². The van der Waals surface area contributed by atoms with Gasteiger partial charge in [0.15, 0.2) is 0 Å². The zero-order valence-corrected chi connectivity index (χ0v) is 18.9. The number of halogens is 1. The number of ether oxygens (including phenoxy) is 3. The Balaban J connectivity index is 1.36. The summed E-state index contributed by atoms with van der Waals surface area (Å²) in [6.45, 7) is 5.70. The fourth-order valence-electron chi connectivity index (χ4n) is 4.12. The van der Waals surface area contributed by atoms with Crippen molar-refractivity contribution in [1.29, 1.82) is 0 Å². The number of hydrogen-bond acceptors (Lipinski definition) is 5. The average molecular weight is 440 g/mol. The largest absolute Gasteiger partial charge is 0.496 e. The molecular formula is C25H30FN3O3. The molecule has 0 amide bonds. The topological polar surface area (TPSA) is 48.8 Å². The van der Waals surface area contributed by atoms with Crippen LogP contribution < -0.4 is 9.47 Å². The fourth-order valence-corrected chi connectivity index (χ4v) is 4.12. The molecule has 1 aromatic heterocycles. The van der Waals surface area contributed by atoms with Crippen LogP contribution in [0.5, 0.6) is 11.5 Å². The number of rotatable bonds is 8. The quantitative estimate of drug-likeness (QED) is 0.530. The maximum absolute atomic E-state index is 13.0. The third-order valence-corrected chi connectivity index (χ3v) is 5.81. The van der Waals surface area contributed by atoms with E-state index in [0.717, 1.165) is 42.3 Å². The molecule has 1 unspecified atom stereocenters. The van der Waals surface area contributed by atoms with Crippen LogP contribution in [0.3, 0.4) is 0 Å². The Morgan fingerprint density at radius 3 is 2.78 bits per heavy atom. The van der Waals surface area contributed by atoms with Crippen molar-refractivity contribution in [3.8, 4) is 11.5 Å². The molecule has 2 heterocycles. The van der Waals surface area contributed by atoms with Crippen LogP contribution in [0.4, 0.5) is 4.39 Å². The summed E-state index contributed by atoms with van der Waals surface area (Å²) in [5.41, 5.74) is 4.34. The van der Waals surface area contributed by atoms with Gasteiger partial charge in [0.2, 0.25) is 0 Å². The van der Waals surface area contributed by atoms with Gasteiger partial charge in [-0.2, -0.15) is 5.10 Å². The second-order valence-electron chi connectivity index (χ2n) is 8.10. The molecule has 170 valence electrons. The minimum atomic E-state index is -0.268. The van der Waals surface area contributed by atoms with Crippen LogP contribution in [0.25, 0.3) is 0 Å². The lowest BCUT2D eigenvalue weighted by Gasteiger charge is -2.32. The van der Waals surface area contributed by atoms with Gasteiger partial charge in [0, 0.05) is 44.4 Å². The number of nitrogens with zero attached hydrogens (tertiary/aromatic N) is 3. The molecule has 6 nitrogen and oxygen atoms in total. The molecule has 0 N–H and O–H groups in total. The van der Waals surface area contributed by atoms with Crippen molar-refractivity contribution < 1.29 is 18.6 Å². The van der Waals surface area contributed by atoms with Crippen LogP contribution >= 0.6 is 0 Å². The SMILES string of the molecule is COc1c(C)cccc1CN1CCOC(c2cc(CCOc3ccc(F)cc3)n(C)n2)C1. The summed E-state index contributed by atoms with van der Waals surface area (Å²) in [5, 5.41) is 4.70. The van der Waals surface area contributed by atoms with Crippen molar-refractivity contribution in [3.05, 3.63) is 76.9 Å². The van der Waals surface area contributed by atoms with E-state index in [-0.39, 0.29) is 11.9 Å². The number of aryl methyl sites for hydroxylation is 2. The highest BCUT2D eigenvalue weighted by atomic mass is 19.1. The van der Waals surface area contributed by atoms with E-state index in [4.69, 9.17) is 19.3 Å². The third-order valence-electron chi connectivity index (χ3n) is 5.81. The van der Waals surface area contributed by atoms with Gasteiger partial charge in [0.05, 0.1) is 26.0 Å². The number of morpholine rings is 1. The van der Waals surface area contributed by atoms with E-state index in [1.165, 1.54) is 17.7 Å². The first-order valence-electron chi connectivity index (χ1n) is 10.9. The Morgan fingerprint density at radius 1 is 1.19 bits per heavy atom. The van der Waals surface area contributed by atoms with E-state index in [0.29, 0.717) is 25.4 Å². The number of para-hydroxylation sites is 1. The van der Waals surface area contributed by atoms with Gasteiger partial charge in [-0.3, -0.25) is 9.58 Å². The first-order valence-corrected chi connectivity index (χ1v) is 10.9. The molecule has 1 fully saturated rings. The van der Waals surface area contributed by atoms with Crippen LogP contribution in [-0.2, 0) is 24.8 Å². The highest BCUT2D eigenvalue weighted by molar-refractivity contribution is 5.40. The van der Waals surface area contributed by atoms with Gasteiger partial charge in [-0.25, -0.2) is 4.39 Å². The molecule has 0 saturated carbocycles. The van der Waals surface area contributed by atoms with Crippen molar-refractivity contribution in [2.24, 2.45) is 7.05 Å². The minimum absolute atomic E-state index is 0.0717. The average Bonchev–Trinajstić information content (AvgIpc) is 3.16. The fraction of sp³-hybridized carbons (Fsp3) is 0.400. The summed E-state index contributed by atoms with van der Waals surface area (Å²) < 4.78 is 32.3. The molecule has 1 saturated heterocycles. The van der Waals surface area contributed by atoms with E-state index in [1.54, 1.807) is 19.2 Å². The molecule has 0 aliphatic carbocycles. The van der Waals surface area contributed by atoms with E-state index < -0.39 is 0 Å². The maximum atomic E-state index is 13.0. The van der Waals surface area contributed by atoms with Crippen molar-refractivity contribution in [3.63, 3.8) is 0 Å². The number of benzene rings is 2. The Morgan fingerprint density at radius 2 is 2.00 bits per heavy atom. The van der Waals surface area contributed by atoms with Gasteiger partial charge < -0.3 is 14.2 Å². The Labute approximate surface area is 188 Å². The summed E-state index contributed by atoms with van der Waals surface area (Å²) in [4.78, 5) is 2.39. The molecule has 0 radical (unpaired) electrons. The molecule has 7 heteroatoms. The molecule has 0 spiro atoms. The van der Waals surface area contributed by atoms with Crippen LogP contribution in [0.15, 0.2) is 48.5 Å². The third kappa shape index (κ3) is 5.29. The predicted molar refractivity (Wildman–Crippen MR) is 121 cm³/mol. The number of aromatic nitrogens is 2. The van der Waals surface area contributed by atoms with E-state index in [2.05, 4.69) is 36.1 Å².